The van der Waals surface area contributed by atoms with E-state index in [4.69, 9.17) is 30.5 Å². The van der Waals surface area contributed by atoms with Crippen molar-refractivity contribution in [3.05, 3.63) is 59.4 Å². The number of nitrogens with one attached hydrogen (secondary N) is 2. The van der Waals surface area contributed by atoms with Crippen molar-refractivity contribution in [3.63, 3.8) is 0 Å². The van der Waals surface area contributed by atoms with Crippen LogP contribution < -0.4 is 15.4 Å². The monoisotopic (exact) mass is 601 g/mol. The Labute approximate surface area is 245 Å². The fourth-order valence-electron chi connectivity index (χ4n) is 5.20. The summed E-state index contributed by atoms with van der Waals surface area (Å²) in [6.07, 6.45) is 3.40. The molecule has 3 aromatic rings. The van der Waals surface area contributed by atoms with Crippen molar-refractivity contribution in [3.8, 4) is 5.75 Å². The maximum Gasteiger partial charge on any atom is 0.284 e. The minimum atomic E-state index is -0.925. The molecule has 1 aromatic heterocycles. The van der Waals surface area contributed by atoms with E-state index in [0.717, 1.165) is 6.42 Å². The Kier molecular flexibility index (Phi) is 8.77. The molecule has 4 heterocycles. The zero-order valence-electron chi connectivity index (χ0n) is 22.7. The van der Waals surface area contributed by atoms with Gasteiger partial charge in [0.05, 0.1) is 54.9 Å². The summed E-state index contributed by atoms with van der Waals surface area (Å²) in [4.78, 5) is 23.6. The molecule has 0 spiro atoms. The third-order valence-corrected chi connectivity index (χ3v) is 7.74. The van der Waals surface area contributed by atoms with E-state index in [1.54, 1.807) is 12.1 Å². The largest absolute Gasteiger partial charge is 0.491 e. The zero-order valence-corrected chi connectivity index (χ0v) is 23.4. The molecule has 222 valence electrons. The lowest BCUT2D eigenvalue weighted by molar-refractivity contribution is -0.116. The first-order valence-electron chi connectivity index (χ1n) is 13.8. The van der Waals surface area contributed by atoms with Crippen molar-refractivity contribution in [1.82, 2.24) is 14.9 Å². The molecule has 42 heavy (non-hydrogen) atoms. The van der Waals surface area contributed by atoms with Gasteiger partial charge >= 0.3 is 0 Å². The van der Waals surface area contributed by atoms with Gasteiger partial charge in [-0.1, -0.05) is 11.6 Å². The molecule has 0 aliphatic carbocycles. The van der Waals surface area contributed by atoms with Gasteiger partial charge in [0.1, 0.15) is 23.7 Å². The minimum absolute atomic E-state index is 0.0393. The summed E-state index contributed by atoms with van der Waals surface area (Å²) in [7, 11) is 0. The standard InChI is InChI=1S/C29H30ClF2N5O5/c30-20-9-18(1-2-21(20)31)35-28-19-10-24(25(11-23(19)33-16-34-28)42-15-17-4-6-39-14-17)36-29(38)22(32)3-5-37-12-26-27(13-37)41-8-7-40-26/h1-3,9-11,16-17,26-27H,4-8,12-15H2,(H,36,38)(H,33,34,35)/b22-3-/t17-,26-,27-/m0/s1. The van der Waals surface area contributed by atoms with Gasteiger partial charge in [0, 0.05) is 49.3 Å². The summed E-state index contributed by atoms with van der Waals surface area (Å²) in [5.41, 5.74) is 1.27. The normalized spacial score (nSPS) is 22.7. The number of hydrogen-bond donors (Lipinski definition) is 2. The number of rotatable bonds is 9. The molecule has 0 unspecified atom stereocenters. The quantitative estimate of drug-likeness (QED) is 0.344. The summed E-state index contributed by atoms with van der Waals surface area (Å²) < 4.78 is 51.7. The molecule has 13 heteroatoms. The highest BCUT2D eigenvalue weighted by Crippen LogP contribution is 2.35. The van der Waals surface area contributed by atoms with Crippen LogP contribution >= 0.6 is 11.6 Å². The molecule has 2 N–H and O–H groups in total. The number of hydrogen-bond acceptors (Lipinski definition) is 9. The number of likely N-dealkylation sites (tertiary alicyclic amines) is 1. The van der Waals surface area contributed by atoms with Crippen molar-refractivity contribution in [1.29, 1.82) is 0 Å². The second kappa shape index (κ2) is 12.8. The van der Waals surface area contributed by atoms with Crippen LogP contribution in [0.5, 0.6) is 5.75 Å². The highest BCUT2D eigenvalue weighted by Gasteiger charge is 2.36. The number of ether oxygens (including phenoxy) is 4. The number of nitrogens with zero attached hydrogens (tertiary/aromatic N) is 3. The fraction of sp³-hybridized carbons (Fsp3) is 0.414. The molecular weight excluding hydrogens is 572 g/mol. The molecule has 1 amide bonds. The number of amides is 1. The number of benzene rings is 2. The predicted molar refractivity (Wildman–Crippen MR) is 152 cm³/mol. The van der Waals surface area contributed by atoms with Gasteiger partial charge in [-0.15, -0.1) is 0 Å². The third kappa shape index (κ3) is 6.63. The highest BCUT2D eigenvalue weighted by atomic mass is 35.5. The maximum atomic E-state index is 15.0. The number of anilines is 3. The van der Waals surface area contributed by atoms with E-state index in [1.807, 2.05) is 4.90 Å². The lowest BCUT2D eigenvalue weighted by Crippen LogP contribution is -2.36. The van der Waals surface area contributed by atoms with E-state index in [1.165, 1.54) is 30.6 Å². The van der Waals surface area contributed by atoms with Crippen LogP contribution in [-0.4, -0.2) is 85.7 Å². The lowest BCUT2D eigenvalue weighted by atomic mass is 10.1. The molecule has 0 saturated carbocycles. The summed E-state index contributed by atoms with van der Waals surface area (Å²) in [5.74, 6) is -1.47. The van der Waals surface area contributed by atoms with E-state index in [0.29, 0.717) is 74.3 Å². The summed E-state index contributed by atoms with van der Waals surface area (Å²) >= 11 is 5.94. The summed E-state index contributed by atoms with van der Waals surface area (Å²) in [5, 5.41) is 6.23. The Morgan fingerprint density at radius 3 is 2.69 bits per heavy atom. The van der Waals surface area contributed by atoms with Gasteiger partial charge in [-0.05, 0) is 36.8 Å². The zero-order chi connectivity index (χ0) is 29.1. The van der Waals surface area contributed by atoms with Crippen molar-refractivity contribution in [2.45, 2.75) is 18.6 Å². The van der Waals surface area contributed by atoms with Crippen molar-refractivity contribution in [2.24, 2.45) is 5.92 Å². The van der Waals surface area contributed by atoms with Crippen LogP contribution in [0.25, 0.3) is 10.9 Å². The van der Waals surface area contributed by atoms with Crippen LogP contribution in [0.2, 0.25) is 5.02 Å². The molecule has 0 bridgehead atoms. The summed E-state index contributed by atoms with van der Waals surface area (Å²) in [6, 6.07) is 7.48. The summed E-state index contributed by atoms with van der Waals surface area (Å²) in [6.45, 7) is 4.16. The van der Waals surface area contributed by atoms with Gasteiger partial charge in [0.15, 0.2) is 5.83 Å². The molecule has 6 rings (SSSR count). The van der Waals surface area contributed by atoms with E-state index < -0.39 is 17.6 Å². The van der Waals surface area contributed by atoms with Crippen molar-refractivity contribution < 1.29 is 32.5 Å². The lowest BCUT2D eigenvalue weighted by Gasteiger charge is -2.24. The molecule has 10 nitrogen and oxygen atoms in total. The number of carbonyl (C=O) groups excluding carboxylic acids is 1. The van der Waals surface area contributed by atoms with Gasteiger partial charge in [0.25, 0.3) is 5.91 Å². The van der Waals surface area contributed by atoms with Crippen molar-refractivity contribution >= 4 is 45.6 Å². The number of carbonyl (C=O) groups is 1. The van der Waals surface area contributed by atoms with Crippen LogP contribution in [0.3, 0.4) is 0 Å². The Morgan fingerprint density at radius 2 is 1.95 bits per heavy atom. The molecule has 3 aliphatic heterocycles. The van der Waals surface area contributed by atoms with Crippen LogP contribution in [-0.2, 0) is 19.0 Å². The fourth-order valence-corrected chi connectivity index (χ4v) is 5.38. The molecule has 0 radical (unpaired) electrons. The van der Waals surface area contributed by atoms with E-state index >= 15 is 4.39 Å². The topological polar surface area (TPSA) is 107 Å². The van der Waals surface area contributed by atoms with Gasteiger partial charge in [-0.25, -0.2) is 18.7 Å². The number of aromatic nitrogens is 2. The molecule has 2 aromatic carbocycles. The molecule has 3 aliphatic rings. The van der Waals surface area contributed by atoms with E-state index in [-0.39, 0.29) is 35.4 Å². The molecule has 3 atom stereocenters. The third-order valence-electron chi connectivity index (χ3n) is 7.45. The molecule has 3 fully saturated rings. The minimum Gasteiger partial charge on any atom is -0.491 e. The van der Waals surface area contributed by atoms with Gasteiger partial charge < -0.3 is 29.6 Å². The van der Waals surface area contributed by atoms with Crippen LogP contribution in [0.4, 0.5) is 26.0 Å². The SMILES string of the molecule is O=C(Nc1cc2c(Nc3ccc(F)c(Cl)c3)ncnc2cc1OC[C@H]1CCOC1)/C(F)=C/CN1C[C@@H]2OCCO[C@H]2C1. The second-order valence-corrected chi connectivity index (χ2v) is 10.8. The van der Waals surface area contributed by atoms with Crippen molar-refractivity contribution in [2.75, 3.05) is 63.3 Å². The number of fused-ring (bicyclic) bond motifs is 2. The van der Waals surface area contributed by atoms with Gasteiger partial charge in [-0.3, -0.25) is 9.69 Å². The molecule has 3 saturated heterocycles. The predicted octanol–water partition coefficient (Wildman–Crippen LogP) is 4.47. The average Bonchev–Trinajstić information content (AvgIpc) is 3.67. The Hall–Kier alpha value is -3.42. The first-order chi connectivity index (χ1) is 20.4. The first kappa shape index (κ1) is 28.7. The second-order valence-electron chi connectivity index (χ2n) is 10.4. The smallest absolute Gasteiger partial charge is 0.284 e. The molecular formula is C29H30ClF2N5O5. The van der Waals surface area contributed by atoms with E-state index in [9.17, 15) is 9.18 Å². The Bertz CT molecular complexity index is 1470. The number of halogens is 3. The maximum absolute atomic E-state index is 15.0. The Balaban J connectivity index is 1.23. The van der Waals surface area contributed by atoms with Crippen LogP contribution in [0.15, 0.2) is 48.6 Å². The van der Waals surface area contributed by atoms with Crippen LogP contribution in [0, 0.1) is 11.7 Å². The Morgan fingerprint density at radius 1 is 1.14 bits per heavy atom. The van der Waals surface area contributed by atoms with E-state index in [2.05, 4.69) is 20.6 Å². The van der Waals surface area contributed by atoms with Crippen LogP contribution in [0.1, 0.15) is 6.42 Å². The first-order valence-corrected chi connectivity index (χ1v) is 14.1. The van der Waals surface area contributed by atoms with Gasteiger partial charge in [0.2, 0.25) is 0 Å². The average molecular weight is 602 g/mol. The van der Waals surface area contributed by atoms with Gasteiger partial charge in [-0.2, -0.15) is 0 Å². The highest BCUT2D eigenvalue weighted by molar-refractivity contribution is 6.31.